The predicted octanol–water partition coefficient (Wildman–Crippen LogP) is -0.392. The van der Waals surface area contributed by atoms with Crippen LogP contribution in [0.5, 0.6) is 0 Å². The number of carbonyl (C=O) groups is 2. The molecule has 124 valence electrons. The Labute approximate surface area is 131 Å². The van der Waals surface area contributed by atoms with Gasteiger partial charge in [0, 0.05) is 0 Å². The minimum atomic E-state index is -1.32. The Hall–Kier alpha value is -1.14. The van der Waals surface area contributed by atoms with Crippen LogP contribution in [0.2, 0.25) is 0 Å². The van der Waals surface area contributed by atoms with Crippen molar-refractivity contribution in [2.24, 2.45) is 34.8 Å². The van der Waals surface area contributed by atoms with E-state index in [4.69, 9.17) is 5.73 Å². The quantitative estimate of drug-likeness (QED) is 0.536. The fraction of sp³-hybridized carbons (Fsp3) is 0.875. The van der Waals surface area contributed by atoms with E-state index in [0.29, 0.717) is 30.1 Å². The van der Waals surface area contributed by atoms with E-state index < -0.39 is 18.1 Å². The molecule has 0 aromatic carbocycles. The van der Waals surface area contributed by atoms with E-state index in [-0.39, 0.29) is 17.4 Å². The standard InChI is InChI=1S/C16H27N3O3/c1-7-4-8(7)5-10(13(20)14(17)21)19-15(22)12-11-9(6-18-12)16(11,2)3/h7-13,18,20H,4-6H2,1-3H3,(H2,17,21)(H,19,22)/t7-,8+,9?,10?,11?,12?,13?/m0/s1. The zero-order chi connectivity index (χ0) is 16.2. The van der Waals surface area contributed by atoms with Crippen molar-refractivity contribution in [2.45, 2.75) is 51.8 Å². The van der Waals surface area contributed by atoms with Crippen LogP contribution in [0.15, 0.2) is 0 Å². The molecule has 1 aliphatic heterocycles. The first-order valence-electron chi connectivity index (χ1n) is 8.24. The number of rotatable bonds is 6. The second kappa shape index (κ2) is 5.20. The Morgan fingerprint density at radius 2 is 2.09 bits per heavy atom. The van der Waals surface area contributed by atoms with Gasteiger partial charge in [-0.1, -0.05) is 20.8 Å². The Bertz CT molecular complexity index is 493. The van der Waals surface area contributed by atoms with Crippen molar-refractivity contribution in [3.05, 3.63) is 0 Å². The van der Waals surface area contributed by atoms with Crippen LogP contribution in [-0.4, -0.2) is 41.7 Å². The van der Waals surface area contributed by atoms with Gasteiger partial charge in [0.15, 0.2) is 6.10 Å². The fourth-order valence-electron chi connectivity index (χ4n) is 4.27. The average molecular weight is 309 g/mol. The maximum atomic E-state index is 12.6. The molecular formula is C16H27N3O3. The first-order valence-corrected chi connectivity index (χ1v) is 8.24. The van der Waals surface area contributed by atoms with Gasteiger partial charge in [0.1, 0.15) is 0 Å². The van der Waals surface area contributed by atoms with Crippen molar-refractivity contribution < 1.29 is 14.7 Å². The summed E-state index contributed by atoms with van der Waals surface area (Å²) in [5.74, 6) is 1.06. The van der Waals surface area contributed by atoms with Crippen molar-refractivity contribution in [3.63, 3.8) is 0 Å². The van der Waals surface area contributed by atoms with E-state index in [0.717, 1.165) is 13.0 Å². The SMILES string of the molecule is C[C@H]1C[C@@H]1CC(NC(=O)C1NCC2C1C2(C)C)C(O)C(N)=O. The highest BCUT2D eigenvalue weighted by atomic mass is 16.3. The number of piperidine rings is 1. The maximum Gasteiger partial charge on any atom is 0.248 e. The lowest BCUT2D eigenvalue weighted by atomic mass is 9.99. The first kappa shape index (κ1) is 15.7. The minimum absolute atomic E-state index is 0.114. The number of fused-ring (bicyclic) bond motifs is 1. The molecule has 3 fully saturated rings. The summed E-state index contributed by atoms with van der Waals surface area (Å²) in [7, 11) is 0. The lowest BCUT2D eigenvalue weighted by Crippen LogP contribution is -2.54. The lowest BCUT2D eigenvalue weighted by molar-refractivity contribution is -0.130. The lowest BCUT2D eigenvalue weighted by Gasteiger charge is -2.25. The highest BCUT2D eigenvalue weighted by Gasteiger charge is 2.65. The van der Waals surface area contributed by atoms with Crippen molar-refractivity contribution >= 4 is 11.8 Å². The summed E-state index contributed by atoms with van der Waals surface area (Å²) in [6.45, 7) is 7.37. The summed E-state index contributed by atoms with van der Waals surface area (Å²) in [6, 6.07) is -0.804. The van der Waals surface area contributed by atoms with Crippen LogP contribution in [0.1, 0.15) is 33.6 Å². The monoisotopic (exact) mass is 309 g/mol. The second-order valence-electron chi connectivity index (χ2n) is 8.01. The molecule has 3 rings (SSSR count). The smallest absolute Gasteiger partial charge is 0.248 e. The van der Waals surface area contributed by atoms with Crippen molar-refractivity contribution in [2.75, 3.05) is 6.54 Å². The molecule has 0 bridgehead atoms. The molecule has 6 heteroatoms. The highest BCUT2D eigenvalue weighted by Crippen LogP contribution is 2.62. The van der Waals surface area contributed by atoms with Crippen LogP contribution in [0.4, 0.5) is 0 Å². The highest BCUT2D eigenvalue weighted by molar-refractivity contribution is 5.85. The van der Waals surface area contributed by atoms with Crippen LogP contribution in [0, 0.1) is 29.1 Å². The number of hydrogen-bond donors (Lipinski definition) is 4. The molecule has 2 amide bonds. The van der Waals surface area contributed by atoms with Gasteiger partial charge in [-0.05, 0) is 48.5 Å². The van der Waals surface area contributed by atoms with E-state index in [9.17, 15) is 14.7 Å². The van der Waals surface area contributed by atoms with Crippen LogP contribution >= 0.6 is 0 Å². The predicted molar refractivity (Wildman–Crippen MR) is 81.6 cm³/mol. The topological polar surface area (TPSA) is 104 Å². The van der Waals surface area contributed by atoms with Gasteiger partial charge in [0.2, 0.25) is 11.8 Å². The molecule has 6 nitrogen and oxygen atoms in total. The number of carbonyl (C=O) groups excluding carboxylic acids is 2. The second-order valence-corrected chi connectivity index (χ2v) is 8.01. The number of amides is 2. The Morgan fingerprint density at radius 3 is 2.55 bits per heavy atom. The summed E-state index contributed by atoms with van der Waals surface area (Å²) in [5, 5.41) is 16.1. The van der Waals surface area contributed by atoms with Crippen LogP contribution in [-0.2, 0) is 9.59 Å². The normalized spacial score (nSPS) is 40.5. The third-order valence-electron chi connectivity index (χ3n) is 6.17. The van der Waals surface area contributed by atoms with Gasteiger partial charge in [0.25, 0.3) is 0 Å². The van der Waals surface area contributed by atoms with Crippen molar-refractivity contribution in [3.8, 4) is 0 Å². The first-order chi connectivity index (χ1) is 10.2. The summed E-state index contributed by atoms with van der Waals surface area (Å²) in [6.07, 6.45) is 0.375. The van der Waals surface area contributed by atoms with Gasteiger partial charge in [-0.15, -0.1) is 0 Å². The molecule has 2 saturated carbocycles. The molecule has 7 atom stereocenters. The number of nitrogens with two attached hydrogens (primary N) is 1. The Kier molecular flexibility index (Phi) is 3.72. The third kappa shape index (κ3) is 2.63. The molecule has 1 saturated heterocycles. The Balaban J connectivity index is 1.62. The molecule has 3 aliphatic rings. The number of hydrogen-bond acceptors (Lipinski definition) is 4. The molecule has 0 aromatic rings. The Morgan fingerprint density at radius 1 is 1.45 bits per heavy atom. The fourth-order valence-corrected chi connectivity index (χ4v) is 4.27. The number of aliphatic hydroxyl groups excluding tert-OH is 1. The molecule has 0 radical (unpaired) electrons. The molecule has 2 aliphatic carbocycles. The zero-order valence-corrected chi connectivity index (χ0v) is 13.5. The third-order valence-corrected chi connectivity index (χ3v) is 6.17. The van der Waals surface area contributed by atoms with E-state index in [1.165, 1.54) is 0 Å². The van der Waals surface area contributed by atoms with Crippen LogP contribution in [0.3, 0.4) is 0 Å². The van der Waals surface area contributed by atoms with Gasteiger partial charge >= 0.3 is 0 Å². The molecule has 0 spiro atoms. The molecule has 1 heterocycles. The minimum Gasteiger partial charge on any atom is -0.381 e. The van der Waals surface area contributed by atoms with E-state index >= 15 is 0 Å². The summed E-state index contributed by atoms with van der Waals surface area (Å²) in [5.41, 5.74) is 5.42. The summed E-state index contributed by atoms with van der Waals surface area (Å²) >= 11 is 0. The molecular weight excluding hydrogens is 282 g/mol. The van der Waals surface area contributed by atoms with Crippen LogP contribution < -0.4 is 16.4 Å². The average Bonchev–Trinajstić information content (AvgIpc) is 3.16. The van der Waals surface area contributed by atoms with Crippen molar-refractivity contribution in [1.29, 1.82) is 0 Å². The summed E-state index contributed by atoms with van der Waals surface area (Å²) in [4.78, 5) is 23.9. The number of aliphatic hydroxyl groups is 1. The van der Waals surface area contributed by atoms with Gasteiger partial charge in [0.05, 0.1) is 12.1 Å². The molecule has 22 heavy (non-hydrogen) atoms. The maximum absolute atomic E-state index is 12.6. The largest absolute Gasteiger partial charge is 0.381 e. The molecule has 5 N–H and O–H groups in total. The van der Waals surface area contributed by atoms with Gasteiger partial charge in [-0.2, -0.15) is 0 Å². The van der Waals surface area contributed by atoms with E-state index in [1.807, 2.05) is 0 Å². The molecule has 5 unspecified atom stereocenters. The van der Waals surface area contributed by atoms with E-state index in [1.54, 1.807) is 0 Å². The van der Waals surface area contributed by atoms with Gasteiger partial charge in [-0.3, -0.25) is 9.59 Å². The zero-order valence-electron chi connectivity index (χ0n) is 13.5. The number of nitrogens with one attached hydrogen (secondary N) is 2. The number of primary amides is 1. The molecule has 0 aromatic heterocycles. The van der Waals surface area contributed by atoms with Crippen molar-refractivity contribution in [1.82, 2.24) is 10.6 Å². The van der Waals surface area contributed by atoms with Gasteiger partial charge in [-0.25, -0.2) is 0 Å². The van der Waals surface area contributed by atoms with Crippen LogP contribution in [0.25, 0.3) is 0 Å². The van der Waals surface area contributed by atoms with E-state index in [2.05, 4.69) is 31.4 Å². The van der Waals surface area contributed by atoms with Gasteiger partial charge < -0.3 is 21.5 Å². The summed E-state index contributed by atoms with van der Waals surface area (Å²) < 4.78 is 0.